The minimum atomic E-state index is 0.385. The van der Waals surface area contributed by atoms with Crippen LogP contribution in [0.1, 0.15) is 24.0 Å². The van der Waals surface area contributed by atoms with Crippen LogP contribution in [0.15, 0.2) is 60.7 Å². The number of benzene rings is 2. The fraction of sp³-hybridized carbons (Fsp3) is 0.125. The molecular formula is C16H14Mg. The van der Waals surface area contributed by atoms with Crippen LogP contribution >= 0.6 is 0 Å². The molecule has 0 saturated carbocycles. The Morgan fingerprint density at radius 3 is 2.00 bits per heavy atom. The molecule has 2 aromatic rings. The molecule has 17 heavy (non-hydrogen) atoms. The van der Waals surface area contributed by atoms with Crippen LogP contribution in [0, 0.1) is 0 Å². The van der Waals surface area contributed by atoms with Crippen molar-refractivity contribution in [3.8, 4) is 0 Å². The van der Waals surface area contributed by atoms with Crippen molar-refractivity contribution in [2.75, 3.05) is 0 Å². The van der Waals surface area contributed by atoms with Crippen molar-refractivity contribution >= 4 is 30.6 Å². The molecule has 0 heterocycles. The van der Waals surface area contributed by atoms with Gasteiger partial charge in [-0.15, -0.1) is 0 Å². The van der Waals surface area contributed by atoms with Crippen molar-refractivity contribution in [2.45, 2.75) is 12.8 Å². The maximum absolute atomic E-state index is 3.36. The first-order valence-corrected chi connectivity index (χ1v) is 6.54. The van der Waals surface area contributed by atoms with Gasteiger partial charge < -0.3 is 0 Å². The van der Waals surface area contributed by atoms with E-state index in [0.29, 0.717) is 5.92 Å². The Labute approximate surface area is 115 Å². The summed E-state index contributed by atoms with van der Waals surface area (Å²) >= 11 is 1.78. The molecule has 1 unspecified atom stereocenters. The first-order valence-electron chi connectivity index (χ1n) is 5.83. The van der Waals surface area contributed by atoms with E-state index >= 15 is 0 Å². The van der Waals surface area contributed by atoms with Gasteiger partial charge in [0.2, 0.25) is 0 Å². The average Bonchev–Trinajstić information content (AvgIpc) is 2.42. The zero-order valence-corrected chi connectivity index (χ0v) is 11.5. The van der Waals surface area contributed by atoms with Crippen LogP contribution in [0.4, 0.5) is 0 Å². The first-order chi connectivity index (χ1) is 8.33. The first kappa shape index (κ1) is 12.3. The van der Waals surface area contributed by atoms with Gasteiger partial charge in [-0.25, -0.2) is 0 Å². The van der Waals surface area contributed by atoms with E-state index in [1.165, 1.54) is 16.7 Å². The summed E-state index contributed by atoms with van der Waals surface area (Å²) in [6.45, 7) is 2.23. The standard InChI is InChI=1S/C16H14.Mg/c1-13(15-9-5-3-6-10-15)14(2)16-11-7-4-8-12-16;/h3-13H,1H3;. The van der Waals surface area contributed by atoms with Crippen LogP contribution in [-0.2, 0) is 0 Å². The minimum absolute atomic E-state index is 0.385. The molecule has 0 spiro atoms. The van der Waals surface area contributed by atoms with Gasteiger partial charge in [-0.3, -0.25) is 0 Å². The van der Waals surface area contributed by atoms with Gasteiger partial charge in [0.25, 0.3) is 0 Å². The number of allylic oxidation sites excluding steroid dienone is 1. The zero-order valence-electron chi connectivity index (χ0n) is 10.1. The van der Waals surface area contributed by atoms with Gasteiger partial charge in [0.1, 0.15) is 0 Å². The molecule has 0 aliphatic carbocycles. The summed E-state index contributed by atoms with van der Waals surface area (Å²) in [5.41, 5.74) is 3.87. The van der Waals surface area contributed by atoms with Gasteiger partial charge in [-0.1, -0.05) is 0 Å². The van der Waals surface area contributed by atoms with Gasteiger partial charge in [0.05, 0.1) is 0 Å². The van der Waals surface area contributed by atoms with Gasteiger partial charge in [-0.05, 0) is 0 Å². The van der Waals surface area contributed by atoms with Crippen molar-refractivity contribution in [2.24, 2.45) is 0 Å². The average molecular weight is 231 g/mol. The Kier molecular flexibility index (Phi) is 4.33. The van der Waals surface area contributed by atoms with E-state index in [-0.39, 0.29) is 0 Å². The van der Waals surface area contributed by atoms with E-state index in [0.717, 1.165) is 0 Å². The third-order valence-corrected chi connectivity index (χ3v) is 3.39. The van der Waals surface area contributed by atoms with Crippen LogP contribution in [0.25, 0.3) is 5.57 Å². The third kappa shape index (κ3) is 2.95. The number of hydrogen-bond acceptors (Lipinski definition) is 0. The van der Waals surface area contributed by atoms with Crippen LogP contribution < -0.4 is 0 Å². The molecule has 2 aromatic carbocycles. The molecule has 1 atom stereocenters. The number of hydrogen-bond donors (Lipinski definition) is 0. The Balaban J connectivity index is 2.36. The SMILES string of the molecule is CC(C(=[C]=[Mg])c1ccccc1)c1ccccc1. The number of rotatable bonds is 3. The maximum atomic E-state index is 3.36. The molecular weight excluding hydrogens is 216 g/mol. The van der Waals surface area contributed by atoms with Crippen molar-refractivity contribution in [1.82, 2.24) is 0 Å². The summed E-state index contributed by atoms with van der Waals surface area (Å²) in [7, 11) is 0. The summed E-state index contributed by atoms with van der Waals surface area (Å²) < 4.78 is 3.36. The Hall–Kier alpha value is -1.14. The Bertz CT molecular complexity index is 522. The van der Waals surface area contributed by atoms with E-state index in [1.54, 1.807) is 21.2 Å². The summed E-state index contributed by atoms with van der Waals surface area (Å²) in [6.07, 6.45) is 0. The van der Waals surface area contributed by atoms with E-state index in [4.69, 9.17) is 0 Å². The van der Waals surface area contributed by atoms with Crippen LogP contribution in [0.5, 0.6) is 0 Å². The summed E-state index contributed by atoms with van der Waals surface area (Å²) in [5.74, 6) is 0.385. The topological polar surface area (TPSA) is 0 Å². The van der Waals surface area contributed by atoms with Crippen LogP contribution in [-0.4, -0.2) is 25.0 Å². The van der Waals surface area contributed by atoms with E-state index in [9.17, 15) is 0 Å². The van der Waals surface area contributed by atoms with Gasteiger partial charge in [0, 0.05) is 0 Å². The fourth-order valence-electron chi connectivity index (χ4n) is 2.03. The Morgan fingerprint density at radius 1 is 0.941 bits per heavy atom. The summed E-state index contributed by atoms with van der Waals surface area (Å²) in [5, 5.41) is 0. The second-order valence-corrected chi connectivity index (χ2v) is 4.44. The Morgan fingerprint density at radius 2 is 1.47 bits per heavy atom. The molecule has 80 valence electrons. The van der Waals surface area contributed by atoms with Crippen molar-refractivity contribution in [3.63, 3.8) is 0 Å². The molecule has 2 rings (SSSR count). The van der Waals surface area contributed by atoms with Crippen molar-refractivity contribution < 1.29 is 0 Å². The van der Waals surface area contributed by atoms with Gasteiger partial charge in [0.15, 0.2) is 0 Å². The third-order valence-electron chi connectivity index (χ3n) is 3.01. The monoisotopic (exact) mass is 230 g/mol. The molecule has 0 radical (unpaired) electrons. The molecule has 0 amide bonds. The molecule has 0 saturated heterocycles. The molecule has 1 heteroatoms. The van der Waals surface area contributed by atoms with E-state index in [2.05, 4.69) is 65.3 Å². The molecule has 0 aliphatic heterocycles. The normalized spacial score (nSPS) is 11.7. The second-order valence-electron chi connectivity index (χ2n) is 4.09. The van der Waals surface area contributed by atoms with Crippen LogP contribution in [0.3, 0.4) is 0 Å². The summed E-state index contributed by atoms with van der Waals surface area (Å²) in [6, 6.07) is 21.1. The van der Waals surface area contributed by atoms with E-state index in [1.807, 2.05) is 6.07 Å². The second kappa shape index (κ2) is 5.97. The quantitative estimate of drug-likeness (QED) is 0.709. The van der Waals surface area contributed by atoms with E-state index < -0.39 is 0 Å². The predicted octanol–water partition coefficient (Wildman–Crippen LogP) is 3.44. The summed E-state index contributed by atoms with van der Waals surface area (Å²) in [4.78, 5) is 0. The molecule has 0 N–H and O–H groups in total. The van der Waals surface area contributed by atoms with Gasteiger partial charge >= 0.3 is 115 Å². The molecule has 0 nitrogen and oxygen atoms in total. The van der Waals surface area contributed by atoms with Gasteiger partial charge in [-0.2, -0.15) is 0 Å². The molecule has 0 fully saturated rings. The molecule has 0 bridgehead atoms. The predicted molar refractivity (Wildman–Crippen MR) is 75.5 cm³/mol. The van der Waals surface area contributed by atoms with Crippen molar-refractivity contribution in [3.05, 3.63) is 71.8 Å². The fourth-order valence-corrected chi connectivity index (χ4v) is 2.54. The van der Waals surface area contributed by atoms with Crippen LogP contribution in [0.2, 0.25) is 0 Å². The zero-order chi connectivity index (χ0) is 12.1. The van der Waals surface area contributed by atoms with Crippen molar-refractivity contribution in [1.29, 1.82) is 0 Å². The molecule has 0 aromatic heterocycles. The molecule has 0 aliphatic rings.